The van der Waals surface area contributed by atoms with Gasteiger partial charge in [-0.2, -0.15) is 0 Å². The van der Waals surface area contributed by atoms with Crippen molar-refractivity contribution in [2.24, 2.45) is 5.73 Å². The van der Waals surface area contributed by atoms with E-state index in [1.165, 1.54) is 27.8 Å². The summed E-state index contributed by atoms with van der Waals surface area (Å²) in [6.07, 6.45) is 1.04. The maximum absolute atomic E-state index is 6.44. The van der Waals surface area contributed by atoms with Gasteiger partial charge in [-0.25, -0.2) is 0 Å². The standard InChI is InChI=1S/C16H15N/c1-16(17)9-13-11-6-3-2-5-10(11)12-7-4-8-14(16)15(12)13/h2-8,13H,9,17H2,1H3/t13?,16-/m0/s1. The molecule has 2 aromatic rings. The summed E-state index contributed by atoms with van der Waals surface area (Å²) in [7, 11) is 0. The van der Waals surface area contributed by atoms with E-state index in [4.69, 9.17) is 5.73 Å². The van der Waals surface area contributed by atoms with E-state index in [1.54, 1.807) is 0 Å². The van der Waals surface area contributed by atoms with Gasteiger partial charge in [0.15, 0.2) is 0 Å². The van der Waals surface area contributed by atoms with Crippen LogP contribution in [0.25, 0.3) is 11.1 Å². The lowest BCUT2D eigenvalue weighted by Crippen LogP contribution is -2.30. The summed E-state index contributed by atoms with van der Waals surface area (Å²) < 4.78 is 0. The van der Waals surface area contributed by atoms with Crippen LogP contribution in [0.4, 0.5) is 0 Å². The third-order valence-electron chi connectivity index (χ3n) is 4.32. The molecule has 17 heavy (non-hydrogen) atoms. The van der Waals surface area contributed by atoms with Gasteiger partial charge in [-0.05, 0) is 41.2 Å². The zero-order chi connectivity index (χ0) is 11.6. The fourth-order valence-corrected chi connectivity index (χ4v) is 3.62. The molecule has 0 aromatic heterocycles. The quantitative estimate of drug-likeness (QED) is 0.725. The Balaban J connectivity index is 2.11. The van der Waals surface area contributed by atoms with Gasteiger partial charge in [0.05, 0.1) is 0 Å². The second kappa shape index (κ2) is 2.80. The van der Waals surface area contributed by atoms with Crippen LogP contribution in [-0.4, -0.2) is 0 Å². The first kappa shape index (κ1) is 9.43. The van der Waals surface area contributed by atoms with E-state index in [-0.39, 0.29) is 5.54 Å². The Bertz CT molecular complexity index is 625. The predicted octanol–water partition coefficient (Wildman–Crippen LogP) is 3.38. The summed E-state index contributed by atoms with van der Waals surface area (Å²) >= 11 is 0. The largest absolute Gasteiger partial charge is 0.322 e. The summed E-state index contributed by atoms with van der Waals surface area (Å²) in [5.74, 6) is 0.521. The first-order valence-corrected chi connectivity index (χ1v) is 6.20. The molecule has 0 heterocycles. The Kier molecular flexibility index (Phi) is 1.55. The molecule has 1 unspecified atom stereocenters. The Morgan fingerprint density at radius 3 is 2.71 bits per heavy atom. The molecule has 1 nitrogen and oxygen atoms in total. The smallest absolute Gasteiger partial charge is 0.0393 e. The molecule has 0 saturated carbocycles. The van der Waals surface area contributed by atoms with Crippen molar-refractivity contribution in [2.45, 2.75) is 24.8 Å². The van der Waals surface area contributed by atoms with Gasteiger partial charge in [0.1, 0.15) is 0 Å². The maximum atomic E-state index is 6.44. The topological polar surface area (TPSA) is 26.0 Å². The monoisotopic (exact) mass is 221 g/mol. The summed E-state index contributed by atoms with van der Waals surface area (Å²) in [5, 5.41) is 0. The summed E-state index contributed by atoms with van der Waals surface area (Å²) in [6, 6.07) is 15.3. The lowest BCUT2D eigenvalue weighted by molar-refractivity contribution is 0.473. The summed E-state index contributed by atoms with van der Waals surface area (Å²) in [5.41, 5.74) is 13.4. The molecule has 0 spiro atoms. The minimum absolute atomic E-state index is 0.163. The van der Waals surface area contributed by atoms with E-state index in [1.807, 2.05) is 0 Å². The maximum Gasteiger partial charge on any atom is 0.0393 e. The zero-order valence-electron chi connectivity index (χ0n) is 9.90. The van der Waals surface area contributed by atoms with Gasteiger partial charge in [0.2, 0.25) is 0 Å². The van der Waals surface area contributed by atoms with Gasteiger partial charge in [-0.3, -0.25) is 0 Å². The highest BCUT2D eigenvalue weighted by atomic mass is 14.8. The van der Waals surface area contributed by atoms with E-state index >= 15 is 0 Å². The second-order valence-corrected chi connectivity index (χ2v) is 5.53. The Labute approximate surface area is 101 Å². The van der Waals surface area contributed by atoms with Gasteiger partial charge in [-0.15, -0.1) is 0 Å². The molecule has 0 bridgehead atoms. The first-order valence-electron chi connectivity index (χ1n) is 6.20. The molecule has 2 aliphatic rings. The van der Waals surface area contributed by atoms with Crippen molar-refractivity contribution in [2.75, 3.05) is 0 Å². The van der Waals surface area contributed by atoms with Gasteiger partial charge in [0.25, 0.3) is 0 Å². The van der Waals surface area contributed by atoms with Crippen LogP contribution in [0.15, 0.2) is 42.5 Å². The number of fused-ring (bicyclic) bond motifs is 3. The van der Waals surface area contributed by atoms with Crippen molar-refractivity contribution in [3.05, 3.63) is 59.2 Å². The minimum atomic E-state index is -0.163. The van der Waals surface area contributed by atoms with E-state index in [2.05, 4.69) is 49.4 Å². The van der Waals surface area contributed by atoms with E-state index < -0.39 is 0 Å². The van der Waals surface area contributed by atoms with Crippen LogP contribution >= 0.6 is 0 Å². The van der Waals surface area contributed by atoms with Crippen molar-refractivity contribution in [1.82, 2.24) is 0 Å². The molecule has 0 fully saturated rings. The number of hydrogen-bond acceptors (Lipinski definition) is 1. The number of hydrogen-bond donors (Lipinski definition) is 1. The van der Waals surface area contributed by atoms with Crippen LogP contribution in [0.1, 0.15) is 36.0 Å². The van der Waals surface area contributed by atoms with Gasteiger partial charge >= 0.3 is 0 Å². The van der Waals surface area contributed by atoms with E-state index in [0.717, 1.165) is 6.42 Å². The van der Waals surface area contributed by atoms with Crippen LogP contribution in [0.5, 0.6) is 0 Å². The fraction of sp³-hybridized carbons (Fsp3) is 0.250. The van der Waals surface area contributed by atoms with Crippen LogP contribution in [0, 0.1) is 0 Å². The van der Waals surface area contributed by atoms with Crippen LogP contribution < -0.4 is 5.73 Å². The van der Waals surface area contributed by atoms with Crippen molar-refractivity contribution < 1.29 is 0 Å². The van der Waals surface area contributed by atoms with Crippen LogP contribution in [0.2, 0.25) is 0 Å². The van der Waals surface area contributed by atoms with Crippen molar-refractivity contribution >= 4 is 0 Å². The average molecular weight is 221 g/mol. The highest BCUT2D eigenvalue weighted by Gasteiger charge is 2.43. The Hall–Kier alpha value is -1.60. The molecule has 2 atom stereocenters. The molecule has 0 aliphatic heterocycles. The molecule has 84 valence electrons. The molecule has 1 heteroatoms. The number of nitrogens with two attached hydrogens (primary N) is 1. The molecule has 0 saturated heterocycles. The zero-order valence-corrected chi connectivity index (χ0v) is 9.90. The van der Waals surface area contributed by atoms with Gasteiger partial charge in [0, 0.05) is 11.5 Å². The first-order chi connectivity index (χ1) is 8.18. The third kappa shape index (κ3) is 1.03. The molecule has 2 aliphatic carbocycles. The molecule has 0 radical (unpaired) electrons. The molecule has 2 N–H and O–H groups in total. The number of benzene rings is 2. The van der Waals surface area contributed by atoms with Crippen molar-refractivity contribution in [3.8, 4) is 11.1 Å². The predicted molar refractivity (Wildman–Crippen MR) is 69.9 cm³/mol. The van der Waals surface area contributed by atoms with E-state index in [9.17, 15) is 0 Å². The van der Waals surface area contributed by atoms with Crippen LogP contribution in [0.3, 0.4) is 0 Å². The third-order valence-corrected chi connectivity index (χ3v) is 4.32. The highest BCUT2D eigenvalue weighted by Crippen LogP contribution is 2.56. The molecule has 0 amide bonds. The average Bonchev–Trinajstić information content (AvgIpc) is 2.78. The van der Waals surface area contributed by atoms with E-state index in [0.29, 0.717) is 5.92 Å². The van der Waals surface area contributed by atoms with Gasteiger partial charge in [-0.1, -0.05) is 42.5 Å². The molecule has 2 aromatic carbocycles. The molecule has 4 rings (SSSR count). The summed E-state index contributed by atoms with van der Waals surface area (Å²) in [4.78, 5) is 0. The van der Waals surface area contributed by atoms with Crippen molar-refractivity contribution in [3.63, 3.8) is 0 Å². The lowest BCUT2D eigenvalue weighted by atomic mass is 9.90. The normalized spacial score (nSPS) is 28.0. The van der Waals surface area contributed by atoms with Gasteiger partial charge < -0.3 is 5.73 Å². The molecular weight excluding hydrogens is 206 g/mol. The van der Waals surface area contributed by atoms with Crippen LogP contribution in [-0.2, 0) is 5.54 Å². The Morgan fingerprint density at radius 2 is 1.82 bits per heavy atom. The minimum Gasteiger partial charge on any atom is -0.322 e. The fourth-order valence-electron chi connectivity index (χ4n) is 3.62. The summed E-state index contributed by atoms with van der Waals surface area (Å²) in [6.45, 7) is 2.16. The van der Waals surface area contributed by atoms with Crippen molar-refractivity contribution in [1.29, 1.82) is 0 Å². The molecular formula is C16H15N. The lowest BCUT2D eigenvalue weighted by Gasteiger charge is -2.21. The highest BCUT2D eigenvalue weighted by molar-refractivity contribution is 5.81. The Morgan fingerprint density at radius 1 is 1.06 bits per heavy atom. The number of rotatable bonds is 0. The SMILES string of the molecule is C[C@]1(N)CC2c3ccccc3-c3cccc1c32. The second-order valence-electron chi connectivity index (χ2n) is 5.53.